The average Bonchev–Trinajstić information content (AvgIpc) is 2.65. The van der Waals surface area contributed by atoms with Crippen molar-refractivity contribution in [3.8, 4) is 0 Å². The highest BCUT2D eigenvalue weighted by Crippen LogP contribution is 2.75. The van der Waals surface area contributed by atoms with Gasteiger partial charge in [0.25, 0.3) is 0 Å². The van der Waals surface area contributed by atoms with Gasteiger partial charge in [-0.05, 0) is 0 Å². The largest absolute Gasteiger partial charge is 0.527 e. The third kappa shape index (κ3) is 11.1. The molecule has 1 heterocycles. The van der Waals surface area contributed by atoms with E-state index in [0.717, 1.165) is 7.05 Å². The molecule has 0 bridgehead atoms. The highest BCUT2D eigenvalue weighted by molar-refractivity contribution is 7.72. The van der Waals surface area contributed by atoms with E-state index in [1.807, 2.05) is 0 Å². The third-order valence-electron chi connectivity index (χ3n) is 2.89. The molecule has 0 amide bonds. The van der Waals surface area contributed by atoms with Crippen molar-refractivity contribution < 1.29 is 97.0 Å². The minimum absolute atomic E-state index is 0.0651. The average molecular weight is 630 g/mol. The number of hydroxylamine groups is 3. The van der Waals surface area contributed by atoms with Crippen molar-refractivity contribution in [1.82, 2.24) is 0 Å². The molecule has 1 rings (SSSR count). The van der Waals surface area contributed by atoms with Gasteiger partial charge in [-0.25, -0.2) is 27.4 Å². The van der Waals surface area contributed by atoms with Crippen molar-refractivity contribution in [1.29, 1.82) is 0 Å². The number of quaternary nitrogens is 1. The van der Waals surface area contributed by atoms with Crippen LogP contribution in [0.25, 0.3) is 0 Å². The van der Waals surface area contributed by atoms with Gasteiger partial charge in [-0.1, -0.05) is 9.27 Å². The molecule has 0 aromatic rings. The first-order valence-electron chi connectivity index (χ1n) is 7.35. The molecule has 0 aliphatic carbocycles. The number of phosphoric acid groups is 6. The van der Waals surface area contributed by atoms with Gasteiger partial charge in [-0.3, -0.25) is 4.89 Å². The molecule has 0 fully saturated rings. The molecule has 0 saturated carbocycles. The van der Waals surface area contributed by atoms with Crippen LogP contribution in [0.15, 0.2) is 0 Å². The lowest BCUT2D eigenvalue weighted by atomic mass is 10.6. The van der Waals surface area contributed by atoms with Crippen molar-refractivity contribution >= 4 is 63.8 Å². The molecule has 196 valence electrons. The Morgan fingerprint density at radius 3 is 1.36 bits per heavy atom. The molecule has 21 nitrogen and oxygen atoms in total. The standard InChI is InChI=1S/C5H15ClN2O19P6/c1-7-3-4-8(2,5(7)6)22-29(12,13)24-31(16,17)26-33(20,21)27-32(18,19)25-30(14,15)23-28(9,10)11/h3-4H2,1-2H3,(H5-2,9,10,11,12,13,14,15,16,17,18,19,20,21)/p+2. The second-order valence-corrected chi connectivity index (χ2v) is 15.3. The summed E-state index contributed by atoms with van der Waals surface area (Å²) in [4.78, 5) is 63.2. The quantitative estimate of drug-likeness (QED) is 0.0659. The predicted molar refractivity (Wildman–Crippen MR) is 101 cm³/mol. The lowest BCUT2D eigenvalue weighted by Gasteiger charge is -2.23. The molecule has 0 saturated heterocycles. The number of halogens is 1. The van der Waals surface area contributed by atoms with Crippen LogP contribution in [-0.4, -0.2) is 76.0 Å². The first-order valence-corrected chi connectivity index (χ1v) is 16.7. The fourth-order valence-electron chi connectivity index (χ4n) is 1.92. The molecule has 0 spiro atoms. The Bertz CT molecular complexity index is 1100. The van der Waals surface area contributed by atoms with Crippen LogP contribution in [-0.2, 0) is 53.6 Å². The van der Waals surface area contributed by atoms with E-state index in [0.29, 0.717) is 0 Å². The fourth-order valence-corrected chi connectivity index (χ4v) is 9.70. The highest BCUT2D eigenvalue weighted by Gasteiger charge is 2.54. The number of rotatable bonds is 12. The lowest BCUT2D eigenvalue weighted by molar-refractivity contribution is -0.988. The third-order valence-corrected chi connectivity index (χ3v) is 12.4. The van der Waals surface area contributed by atoms with Crippen LogP contribution >= 0.6 is 58.5 Å². The van der Waals surface area contributed by atoms with Crippen LogP contribution in [0.1, 0.15) is 0 Å². The van der Waals surface area contributed by atoms with Crippen LogP contribution in [0, 0.1) is 0 Å². The van der Waals surface area contributed by atoms with Gasteiger partial charge in [0.15, 0.2) is 6.54 Å². The summed E-state index contributed by atoms with van der Waals surface area (Å²) in [6, 6.07) is 0. The van der Waals surface area contributed by atoms with Gasteiger partial charge in [-0.15, -0.1) is 0 Å². The van der Waals surface area contributed by atoms with Gasteiger partial charge in [0, 0.05) is 0 Å². The van der Waals surface area contributed by atoms with E-state index in [1.54, 1.807) is 0 Å². The minimum Gasteiger partial charge on any atom is -0.302 e. The summed E-state index contributed by atoms with van der Waals surface area (Å²) in [5.74, 6) is 0. The molecule has 33 heavy (non-hydrogen) atoms. The Hall–Kier alpha value is 0.780. The fraction of sp³-hybridized carbons (Fsp3) is 0.800. The molecule has 0 aromatic carbocycles. The van der Waals surface area contributed by atoms with Crippen molar-refractivity contribution in [2.75, 3.05) is 27.2 Å². The zero-order valence-corrected chi connectivity index (χ0v) is 22.0. The Balaban J connectivity index is 2.91. The minimum atomic E-state index is -6.32. The number of amidine groups is 1. The van der Waals surface area contributed by atoms with Crippen LogP contribution in [0.2, 0.25) is 0 Å². The summed E-state index contributed by atoms with van der Waals surface area (Å²) in [5.41, 5.74) is 0. The van der Waals surface area contributed by atoms with E-state index < -0.39 is 51.6 Å². The van der Waals surface area contributed by atoms with Crippen LogP contribution in [0.5, 0.6) is 0 Å². The number of hydrogen-bond donors (Lipinski definition) is 7. The second kappa shape index (κ2) is 10.3. The predicted octanol–water partition coefficient (Wildman–Crippen LogP) is 0.293. The number of hydrogen-bond acceptors (Lipinski definition) is 12. The normalized spacial score (nSPS) is 28.9. The number of likely N-dealkylation sites (N-methyl/N-ethyl adjacent to an activating group) is 2. The van der Waals surface area contributed by atoms with Gasteiger partial charge in [0.2, 0.25) is 6.54 Å². The van der Waals surface area contributed by atoms with Gasteiger partial charge < -0.3 is 29.4 Å². The maximum absolute atomic E-state index is 12.0. The smallest absolute Gasteiger partial charge is 0.302 e. The van der Waals surface area contributed by atoms with Gasteiger partial charge >= 0.3 is 52.2 Å². The molecular formula is C5H17ClN2O19P6+2. The van der Waals surface area contributed by atoms with E-state index in [2.05, 4.69) is 26.2 Å². The molecule has 7 N–H and O–H groups in total. The summed E-state index contributed by atoms with van der Waals surface area (Å²) in [7, 11) is -33.7. The Morgan fingerprint density at radius 1 is 0.727 bits per heavy atom. The molecule has 0 radical (unpaired) electrons. The molecule has 6 atom stereocenters. The maximum Gasteiger partial charge on any atom is 0.527 e. The maximum atomic E-state index is 12.0. The van der Waals surface area contributed by atoms with Crippen LogP contribution in [0.3, 0.4) is 0 Å². The van der Waals surface area contributed by atoms with Gasteiger partial charge in [-0.2, -0.15) is 26.1 Å². The monoisotopic (exact) mass is 630 g/mol. The van der Waals surface area contributed by atoms with Crippen molar-refractivity contribution in [3.05, 3.63) is 0 Å². The summed E-state index contributed by atoms with van der Waals surface area (Å²) >= 11 is 5.88. The van der Waals surface area contributed by atoms with E-state index in [-0.39, 0.29) is 18.4 Å². The van der Waals surface area contributed by atoms with Crippen LogP contribution in [0.4, 0.5) is 0 Å². The highest BCUT2D eigenvalue weighted by atomic mass is 35.5. The topological polar surface area (TPSA) is 302 Å². The summed E-state index contributed by atoms with van der Waals surface area (Å²) in [6.07, 6.45) is 0. The van der Waals surface area contributed by atoms with E-state index in [9.17, 15) is 42.1 Å². The van der Waals surface area contributed by atoms with Gasteiger partial charge in [0.1, 0.15) is 14.1 Å². The molecule has 0 aromatic heterocycles. The van der Waals surface area contributed by atoms with Gasteiger partial charge in [0.05, 0.1) is 11.6 Å². The first kappa shape index (κ1) is 31.8. The lowest BCUT2D eigenvalue weighted by Crippen LogP contribution is -2.44. The molecular weight excluding hydrogens is 613 g/mol. The number of nitrogens with zero attached hydrogens (tertiary/aromatic N) is 2. The zero-order chi connectivity index (χ0) is 26.3. The van der Waals surface area contributed by atoms with E-state index in [4.69, 9.17) is 31.2 Å². The molecule has 6 unspecified atom stereocenters. The first-order chi connectivity index (χ1) is 14.3. The Morgan fingerprint density at radius 2 is 1.06 bits per heavy atom. The van der Waals surface area contributed by atoms with Crippen molar-refractivity contribution in [3.63, 3.8) is 0 Å². The van der Waals surface area contributed by atoms with Crippen molar-refractivity contribution in [2.45, 2.75) is 0 Å². The Kier molecular flexibility index (Phi) is 9.90. The SMILES string of the molecule is C[N+]1=C(Cl)[N+](C)(OP(=O)(O)OP(=O)(O)OP(=O)(O)OP(=O)(O)OP(=O)(O)OP(=O)(O)O)CC1. The van der Waals surface area contributed by atoms with Crippen molar-refractivity contribution in [2.24, 2.45) is 0 Å². The Labute approximate surface area is 188 Å². The summed E-state index contributed by atoms with van der Waals surface area (Å²) in [6.45, 7) is 0.138. The molecule has 1 aliphatic rings. The summed E-state index contributed by atoms with van der Waals surface area (Å²) < 4.78 is 90.8. The van der Waals surface area contributed by atoms with E-state index in [1.165, 1.54) is 11.6 Å². The summed E-state index contributed by atoms with van der Waals surface area (Å²) in [5, 5.41) is -0.179. The second-order valence-electron chi connectivity index (χ2n) is 5.84. The molecule has 1 aliphatic heterocycles. The zero-order valence-electron chi connectivity index (χ0n) is 15.9. The van der Waals surface area contributed by atoms with Crippen LogP contribution < -0.4 is 0 Å². The van der Waals surface area contributed by atoms with E-state index >= 15 is 0 Å². The molecule has 28 heteroatoms.